The van der Waals surface area contributed by atoms with E-state index in [1.165, 1.54) is 12.1 Å². The number of halogens is 1. The van der Waals surface area contributed by atoms with Crippen LogP contribution in [0.2, 0.25) is 0 Å². The van der Waals surface area contributed by atoms with E-state index in [1.807, 2.05) is 6.92 Å². The van der Waals surface area contributed by atoms with Crippen molar-refractivity contribution in [1.29, 1.82) is 0 Å². The maximum absolute atomic E-state index is 12.8. The molecule has 0 aliphatic carbocycles. The topological polar surface area (TPSA) is 79.3 Å². The fraction of sp³-hybridized carbons (Fsp3) is 0.364. The Kier molecular flexibility index (Phi) is 4.56. The Morgan fingerprint density at radius 1 is 1.53 bits per heavy atom. The minimum Gasteiger partial charge on any atom is -0.480 e. The largest absolute Gasteiger partial charge is 0.480 e. The summed E-state index contributed by atoms with van der Waals surface area (Å²) in [5.41, 5.74) is -0.132. The maximum Gasteiger partial charge on any atom is 0.326 e. The summed E-state index contributed by atoms with van der Waals surface area (Å²) in [6.45, 7) is 1.81. The fourth-order valence-electron chi connectivity index (χ4n) is 1.31. The van der Waals surface area contributed by atoms with Crippen molar-refractivity contribution in [2.75, 3.05) is 0 Å². The van der Waals surface area contributed by atoms with Gasteiger partial charge in [-0.25, -0.2) is 9.78 Å². The van der Waals surface area contributed by atoms with E-state index in [0.717, 1.165) is 6.07 Å². The monoisotopic (exact) mass is 240 g/mol. The van der Waals surface area contributed by atoms with Crippen LogP contribution < -0.4 is 5.32 Å². The number of hydrogen-bond acceptors (Lipinski definition) is 3. The van der Waals surface area contributed by atoms with Crippen molar-refractivity contribution in [2.45, 2.75) is 25.8 Å². The number of nitrogens with zero attached hydrogens (tertiary/aromatic N) is 1. The van der Waals surface area contributed by atoms with Gasteiger partial charge >= 0.3 is 5.97 Å². The van der Waals surface area contributed by atoms with Gasteiger partial charge in [-0.2, -0.15) is 4.39 Å². The van der Waals surface area contributed by atoms with Crippen molar-refractivity contribution in [1.82, 2.24) is 10.3 Å². The molecule has 1 heterocycles. The van der Waals surface area contributed by atoms with Crippen LogP contribution in [0.5, 0.6) is 0 Å². The SMILES string of the molecule is CCCC(NC(=O)c1cccc(F)n1)C(=O)O. The van der Waals surface area contributed by atoms with Crippen LogP contribution in [0.4, 0.5) is 4.39 Å². The molecule has 1 amide bonds. The second-order valence-electron chi connectivity index (χ2n) is 3.50. The highest BCUT2D eigenvalue weighted by molar-refractivity contribution is 5.94. The zero-order valence-electron chi connectivity index (χ0n) is 9.31. The minimum absolute atomic E-state index is 0.132. The van der Waals surface area contributed by atoms with E-state index >= 15 is 0 Å². The highest BCUT2D eigenvalue weighted by Crippen LogP contribution is 2.01. The standard InChI is InChI=1S/C11H13FN2O3/c1-2-4-8(11(16)17)14-10(15)7-5-3-6-9(12)13-7/h3,5-6,8H,2,4H2,1H3,(H,14,15)(H,16,17). The van der Waals surface area contributed by atoms with E-state index in [9.17, 15) is 14.0 Å². The summed E-state index contributed by atoms with van der Waals surface area (Å²) < 4.78 is 12.8. The van der Waals surface area contributed by atoms with Crippen molar-refractivity contribution in [3.05, 3.63) is 29.8 Å². The molecule has 0 spiro atoms. The van der Waals surface area contributed by atoms with E-state index < -0.39 is 23.9 Å². The van der Waals surface area contributed by atoms with Crippen LogP contribution in [-0.4, -0.2) is 28.0 Å². The Morgan fingerprint density at radius 3 is 2.76 bits per heavy atom. The zero-order valence-corrected chi connectivity index (χ0v) is 9.31. The quantitative estimate of drug-likeness (QED) is 0.758. The van der Waals surface area contributed by atoms with Gasteiger partial charge in [0, 0.05) is 0 Å². The van der Waals surface area contributed by atoms with E-state index in [1.54, 1.807) is 0 Å². The van der Waals surface area contributed by atoms with Crippen molar-refractivity contribution in [3.8, 4) is 0 Å². The Balaban J connectivity index is 2.73. The van der Waals surface area contributed by atoms with Gasteiger partial charge < -0.3 is 10.4 Å². The van der Waals surface area contributed by atoms with Gasteiger partial charge in [0.05, 0.1) is 0 Å². The highest BCUT2D eigenvalue weighted by atomic mass is 19.1. The number of amides is 1. The fourth-order valence-corrected chi connectivity index (χ4v) is 1.31. The molecule has 1 atom stereocenters. The molecule has 0 bridgehead atoms. The molecule has 92 valence electrons. The molecule has 1 rings (SSSR count). The van der Waals surface area contributed by atoms with Gasteiger partial charge in [-0.1, -0.05) is 19.4 Å². The molecule has 1 unspecified atom stereocenters. The van der Waals surface area contributed by atoms with E-state index in [0.29, 0.717) is 12.8 Å². The average molecular weight is 240 g/mol. The summed E-state index contributed by atoms with van der Waals surface area (Å²) in [6, 6.07) is 2.80. The Labute approximate surface area is 97.7 Å². The summed E-state index contributed by atoms with van der Waals surface area (Å²) in [4.78, 5) is 25.8. The smallest absolute Gasteiger partial charge is 0.326 e. The van der Waals surface area contributed by atoms with Gasteiger partial charge in [0.15, 0.2) is 0 Å². The lowest BCUT2D eigenvalue weighted by Gasteiger charge is -2.12. The number of aromatic nitrogens is 1. The molecule has 0 fully saturated rings. The van der Waals surface area contributed by atoms with Crippen LogP contribution in [0.1, 0.15) is 30.3 Å². The molecule has 0 aliphatic rings. The average Bonchev–Trinajstić information content (AvgIpc) is 2.28. The normalized spacial score (nSPS) is 11.9. The zero-order chi connectivity index (χ0) is 12.8. The summed E-state index contributed by atoms with van der Waals surface area (Å²) in [6.07, 6.45) is 0.935. The van der Waals surface area contributed by atoms with Crippen molar-refractivity contribution >= 4 is 11.9 Å². The van der Waals surface area contributed by atoms with Gasteiger partial charge in [0.1, 0.15) is 11.7 Å². The van der Waals surface area contributed by atoms with E-state index in [2.05, 4.69) is 10.3 Å². The molecule has 0 aliphatic heterocycles. The Bertz CT molecular complexity index is 423. The number of carboxylic acid groups (broad SMARTS) is 1. The van der Waals surface area contributed by atoms with Crippen LogP contribution in [0.25, 0.3) is 0 Å². The molecule has 0 saturated carbocycles. The first-order valence-corrected chi connectivity index (χ1v) is 5.20. The number of hydrogen-bond donors (Lipinski definition) is 2. The number of carbonyl (C=O) groups excluding carboxylic acids is 1. The second kappa shape index (κ2) is 5.93. The summed E-state index contributed by atoms with van der Waals surface area (Å²) in [5.74, 6) is -2.58. The molecule has 0 aromatic carbocycles. The number of carbonyl (C=O) groups is 2. The number of carboxylic acids is 1. The summed E-state index contributed by atoms with van der Waals surface area (Å²) in [7, 11) is 0. The maximum atomic E-state index is 12.8. The predicted molar refractivity (Wildman–Crippen MR) is 58.0 cm³/mol. The van der Waals surface area contributed by atoms with Gasteiger partial charge in [-0.3, -0.25) is 4.79 Å². The molecule has 1 aromatic rings. The lowest BCUT2D eigenvalue weighted by atomic mass is 10.1. The van der Waals surface area contributed by atoms with Crippen LogP contribution in [-0.2, 0) is 4.79 Å². The minimum atomic E-state index is -1.11. The van der Waals surface area contributed by atoms with Crippen LogP contribution >= 0.6 is 0 Å². The molecular formula is C11H13FN2O3. The van der Waals surface area contributed by atoms with Crippen molar-refractivity contribution < 1.29 is 19.1 Å². The molecule has 5 nitrogen and oxygen atoms in total. The predicted octanol–water partition coefficient (Wildman–Crippen LogP) is 1.20. The molecule has 6 heteroatoms. The molecule has 0 saturated heterocycles. The third kappa shape index (κ3) is 3.82. The van der Waals surface area contributed by atoms with Crippen LogP contribution in [0, 0.1) is 5.95 Å². The number of pyridine rings is 1. The van der Waals surface area contributed by atoms with Gasteiger partial charge in [0.2, 0.25) is 5.95 Å². The first-order chi connectivity index (χ1) is 8.04. The second-order valence-corrected chi connectivity index (χ2v) is 3.50. The van der Waals surface area contributed by atoms with Crippen molar-refractivity contribution in [3.63, 3.8) is 0 Å². The lowest BCUT2D eigenvalue weighted by molar-refractivity contribution is -0.139. The number of rotatable bonds is 5. The third-order valence-corrected chi connectivity index (χ3v) is 2.13. The van der Waals surface area contributed by atoms with Crippen LogP contribution in [0.3, 0.4) is 0 Å². The summed E-state index contributed by atoms with van der Waals surface area (Å²) in [5, 5.41) is 11.1. The van der Waals surface area contributed by atoms with Gasteiger partial charge in [-0.05, 0) is 18.6 Å². The number of nitrogens with one attached hydrogen (secondary N) is 1. The van der Waals surface area contributed by atoms with E-state index in [-0.39, 0.29) is 5.69 Å². The highest BCUT2D eigenvalue weighted by Gasteiger charge is 2.20. The molecule has 17 heavy (non-hydrogen) atoms. The first kappa shape index (κ1) is 13.1. The van der Waals surface area contributed by atoms with Crippen LogP contribution in [0.15, 0.2) is 18.2 Å². The molecular weight excluding hydrogens is 227 g/mol. The van der Waals surface area contributed by atoms with Crippen molar-refractivity contribution in [2.24, 2.45) is 0 Å². The van der Waals surface area contributed by atoms with Gasteiger partial charge in [0.25, 0.3) is 5.91 Å². The summed E-state index contributed by atoms with van der Waals surface area (Å²) >= 11 is 0. The lowest BCUT2D eigenvalue weighted by Crippen LogP contribution is -2.41. The molecule has 2 N–H and O–H groups in total. The van der Waals surface area contributed by atoms with E-state index in [4.69, 9.17) is 5.11 Å². The number of aliphatic carboxylic acids is 1. The third-order valence-electron chi connectivity index (χ3n) is 2.13. The first-order valence-electron chi connectivity index (χ1n) is 5.20. The Morgan fingerprint density at radius 2 is 2.24 bits per heavy atom. The Hall–Kier alpha value is -1.98. The molecule has 1 aromatic heterocycles. The van der Waals surface area contributed by atoms with Gasteiger partial charge in [-0.15, -0.1) is 0 Å². The molecule has 0 radical (unpaired) electrons.